The van der Waals surface area contributed by atoms with Gasteiger partial charge < -0.3 is 0 Å². The van der Waals surface area contributed by atoms with Gasteiger partial charge >= 0.3 is 12.0 Å². The Labute approximate surface area is 138 Å². The van der Waals surface area contributed by atoms with Gasteiger partial charge in [0.2, 0.25) is 11.9 Å². The van der Waals surface area contributed by atoms with Gasteiger partial charge in [-0.25, -0.2) is 9.37 Å². The lowest BCUT2D eigenvalue weighted by molar-refractivity contribution is -0.507. The summed E-state index contributed by atoms with van der Waals surface area (Å²) < 4.78 is 3.31. The number of likely N-dealkylation sites (N-methyl/N-ethyl adjacent to an activating group) is 2. The highest BCUT2D eigenvalue weighted by Crippen LogP contribution is 2.20. The average molecular weight is 331 g/mol. The molecular weight excluding hydrogens is 312 g/mol. The smallest absolute Gasteiger partial charge is 0.298 e. The number of fused-ring (bicyclic) bond motifs is 1. The second-order valence-corrected chi connectivity index (χ2v) is 6.09. The van der Waals surface area contributed by atoms with Crippen molar-refractivity contribution >= 4 is 29.5 Å². The Balaban J connectivity index is 2.08. The number of aryl methyl sites for hydroxylation is 2. The number of amidine groups is 1. The Morgan fingerprint density at radius 3 is 2.54 bits per heavy atom. The minimum Gasteiger partial charge on any atom is -0.298 e. The maximum absolute atomic E-state index is 12.7. The summed E-state index contributed by atoms with van der Waals surface area (Å²) in [5.74, 6) is 0.105. The lowest BCUT2D eigenvalue weighted by Gasteiger charge is -2.32. The maximum atomic E-state index is 12.7. The molecule has 1 unspecified atom stereocenters. The summed E-state index contributed by atoms with van der Waals surface area (Å²) in [6.45, 7) is 4.86. The molecule has 0 radical (unpaired) electrons. The van der Waals surface area contributed by atoms with E-state index in [2.05, 4.69) is 10.1 Å². The normalized spacial score (nSPS) is 20.7. The van der Waals surface area contributed by atoms with Crippen LogP contribution in [0.4, 0.5) is 4.79 Å². The van der Waals surface area contributed by atoms with Crippen molar-refractivity contribution in [2.24, 2.45) is 4.99 Å². The third-order valence-corrected chi connectivity index (χ3v) is 4.10. The molecule has 0 bridgehead atoms. The number of rotatable bonds is 2. The molecule has 1 saturated heterocycles. The highest BCUT2D eigenvalue weighted by atomic mass is 16.2. The fourth-order valence-electron chi connectivity index (χ4n) is 2.98. The van der Waals surface area contributed by atoms with Crippen LogP contribution >= 0.6 is 0 Å². The zero-order valence-electron chi connectivity index (χ0n) is 14.3. The van der Waals surface area contributed by atoms with Crippen LogP contribution in [0.25, 0.3) is 0 Å². The van der Waals surface area contributed by atoms with Gasteiger partial charge in [0.1, 0.15) is 11.5 Å². The Kier molecular flexibility index (Phi) is 3.58. The van der Waals surface area contributed by atoms with E-state index >= 15 is 0 Å². The van der Waals surface area contributed by atoms with Gasteiger partial charge in [-0.3, -0.25) is 19.4 Å². The third-order valence-electron chi connectivity index (χ3n) is 4.10. The van der Waals surface area contributed by atoms with E-state index in [1.54, 1.807) is 23.4 Å². The number of ketones is 1. The Hall–Kier alpha value is -2.84. The summed E-state index contributed by atoms with van der Waals surface area (Å²) in [5, 5.41) is 4.39. The molecule has 1 aromatic heterocycles. The number of Topliss-reactive ketones (excluding diaryl/α,β-unsaturated/α-hetero) is 1. The first-order chi connectivity index (χ1) is 11.2. The molecule has 9 nitrogen and oxygen atoms in total. The van der Waals surface area contributed by atoms with Crippen molar-refractivity contribution in [3.63, 3.8) is 0 Å². The zero-order valence-corrected chi connectivity index (χ0v) is 14.3. The average Bonchev–Trinajstić information content (AvgIpc) is 3.00. The number of carbonyl (C=O) groups is 3. The number of urea groups is 1. The van der Waals surface area contributed by atoms with Crippen LogP contribution in [-0.2, 0) is 9.59 Å². The molecule has 0 aliphatic carbocycles. The van der Waals surface area contributed by atoms with Crippen molar-refractivity contribution in [3.8, 4) is 0 Å². The molecule has 3 rings (SSSR count). The highest BCUT2D eigenvalue weighted by molar-refractivity contribution is 6.23. The summed E-state index contributed by atoms with van der Waals surface area (Å²) in [6, 6.07) is 0.612. The number of aliphatic imine (C=N–C) groups is 1. The van der Waals surface area contributed by atoms with Gasteiger partial charge in [-0.1, -0.05) is 4.99 Å². The number of nitrogens with zero attached hydrogens (tertiary/aromatic N) is 6. The number of amides is 3. The first kappa shape index (κ1) is 16.0. The quantitative estimate of drug-likeness (QED) is 0.690. The van der Waals surface area contributed by atoms with Gasteiger partial charge in [-0.15, -0.1) is 9.78 Å². The van der Waals surface area contributed by atoms with Crippen molar-refractivity contribution < 1.29 is 19.0 Å². The Morgan fingerprint density at radius 1 is 1.33 bits per heavy atom. The van der Waals surface area contributed by atoms with Crippen LogP contribution in [-0.4, -0.2) is 80.4 Å². The van der Waals surface area contributed by atoms with Crippen molar-refractivity contribution in [2.45, 2.75) is 26.8 Å². The first-order valence-electron chi connectivity index (χ1n) is 7.53. The number of imide groups is 1. The van der Waals surface area contributed by atoms with Crippen LogP contribution in [0.5, 0.6) is 0 Å². The SMILES string of the molecule is CC(=O)CN1C(=O)C2C(=NC(n3nc(C)cc3C)=[N+]2C)N(C)C1=O. The standard InChI is InChI=1S/C15H19N6O3/c1-8-6-9(2)21(17-8)14-16-12-11(18(14)4)13(23)20(7-10(3)22)15(24)19(12)5/h6,11H,7H2,1-5H3/q+1. The van der Waals surface area contributed by atoms with E-state index in [-0.39, 0.29) is 12.3 Å². The Bertz CT molecular complexity index is 834. The van der Waals surface area contributed by atoms with E-state index in [9.17, 15) is 14.4 Å². The Morgan fingerprint density at radius 2 is 2.00 bits per heavy atom. The number of aromatic nitrogens is 2. The first-order valence-corrected chi connectivity index (χ1v) is 7.53. The van der Waals surface area contributed by atoms with E-state index in [1.807, 2.05) is 19.9 Å². The predicted octanol–water partition coefficient (Wildman–Crippen LogP) is -0.390. The van der Waals surface area contributed by atoms with E-state index in [1.165, 1.54) is 11.8 Å². The molecule has 24 heavy (non-hydrogen) atoms. The molecule has 0 N–H and O–H groups in total. The second kappa shape index (κ2) is 5.36. The monoisotopic (exact) mass is 331 g/mol. The van der Waals surface area contributed by atoms with Gasteiger partial charge in [0, 0.05) is 7.05 Å². The third kappa shape index (κ3) is 2.24. The van der Waals surface area contributed by atoms with Crippen molar-refractivity contribution in [3.05, 3.63) is 17.5 Å². The van der Waals surface area contributed by atoms with E-state index in [4.69, 9.17) is 0 Å². The van der Waals surface area contributed by atoms with Crippen LogP contribution in [0.3, 0.4) is 0 Å². The van der Waals surface area contributed by atoms with Crippen molar-refractivity contribution in [1.82, 2.24) is 19.6 Å². The van der Waals surface area contributed by atoms with Crippen molar-refractivity contribution in [2.75, 3.05) is 20.6 Å². The predicted molar refractivity (Wildman–Crippen MR) is 85.1 cm³/mol. The summed E-state index contributed by atoms with van der Waals surface area (Å²) in [7, 11) is 3.27. The van der Waals surface area contributed by atoms with Crippen LogP contribution < -0.4 is 0 Å². The van der Waals surface area contributed by atoms with E-state index in [0.29, 0.717) is 11.8 Å². The molecule has 0 aromatic carbocycles. The van der Waals surface area contributed by atoms with Crippen LogP contribution in [0, 0.1) is 13.8 Å². The lowest BCUT2D eigenvalue weighted by Crippen LogP contribution is -2.63. The molecule has 126 valence electrons. The molecule has 0 saturated carbocycles. The van der Waals surface area contributed by atoms with Gasteiger partial charge in [-0.05, 0) is 26.8 Å². The van der Waals surface area contributed by atoms with E-state index in [0.717, 1.165) is 16.3 Å². The number of hydrogen-bond donors (Lipinski definition) is 0. The number of carbonyl (C=O) groups excluding carboxylic acids is 3. The summed E-state index contributed by atoms with van der Waals surface area (Å²) in [4.78, 5) is 43.2. The van der Waals surface area contributed by atoms with Gasteiger partial charge in [0.15, 0.2) is 0 Å². The second-order valence-electron chi connectivity index (χ2n) is 6.09. The molecular formula is C15H19N6O3+. The van der Waals surface area contributed by atoms with Crippen LogP contribution in [0.1, 0.15) is 18.3 Å². The number of hydrogen-bond acceptors (Lipinski definition) is 5. The minimum atomic E-state index is -0.744. The zero-order chi connectivity index (χ0) is 17.8. The fourth-order valence-corrected chi connectivity index (χ4v) is 2.98. The molecule has 2 aliphatic rings. The molecule has 2 aliphatic heterocycles. The summed E-state index contributed by atoms with van der Waals surface area (Å²) in [5.41, 5.74) is 1.71. The minimum absolute atomic E-state index is 0.241. The highest BCUT2D eigenvalue weighted by Gasteiger charge is 2.52. The van der Waals surface area contributed by atoms with Crippen LogP contribution in [0.15, 0.2) is 11.1 Å². The molecule has 3 amide bonds. The van der Waals surface area contributed by atoms with Crippen molar-refractivity contribution in [1.29, 1.82) is 0 Å². The van der Waals surface area contributed by atoms with Gasteiger partial charge in [0.25, 0.3) is 5.91 Å². The van der Waals surface area contributed by atoms with Gasteiger partial charge in [-0.2, -0.15) is 0 Å². The molecule has 1 aromatic rings. The topological polar surface area (TPSA) is 90.9 Å². The lowest BCUT2D eigenvalue weighted by atomic mass is 10.1. The molecule has 1 atom stereocenters. The molecule has 9 heteroatoms. The maximum Gasteiger partial charge on any atom is 0.421 e. The largest absolute Gasteiger partial charge is 0.421 e. The van der Waals surface area contributed by atoms with Crippen LogP contribution in [0.2, 0.25) is 0 Å². The van der Waals surface area contributed by atoms with E-state index < -0.39 is 18.0 Å². The molecule has 3 heterocycles. The summed E-state index contributed by atoms with van der Waals surface area (Å²) >= 11 is 0. The fraction of sp³-hybridized carbons (Fsp3) is 0.467. The van der Waals surface area contributed by atoms with Gasteiger partial charge in [0.05, 0.1) is 19.3 Å². The molecule has 1 fully saturated rings. The summed E-state index contributed by atoms with van der Waals surface area (Å²) in [6.07, 6.45) is 0. The molecule has 0 spiro atoms.